The van der Waals surface area contributed by atoms with Gasteiger partial charge >= 0.3 is 0 Å². The Morgan fingerprint density at radius 3 is 2.72 bits per heavy atom. The van der Waals surface area contributed by atoms with E-state index < -0.39 is 0 Å². The number of morpholine rings is 1. The Bertz CT molecular complexity index is 450. The molecular formula is C13H21N3O2. The Kier molecular flexibility index (Phi) is 4.25. The summed E-state index contributed by atoms with van der Waals surface area (Å²) in [6.45, 7) is 5.27. The zero-order valence-electron chi connectivity index (χ0n) is 10.9. The smallest absolute Gasteiger partial charge is 0.162 e. The van der Waals surface area contributed by atoms with Crippen molar-refractivity contribution in [3.8, 4) is 0 Å². The first-order valence-corrected chi connectivity index (χ1v) is 6.55. The molecule has 2 heterocycles. The van der Waals surface area contributed by atoms with Gasteiger partial charge in [-0.1, -0.05) is 13.3 Å². The van der Waals surface area contributed by atoms with E-state index in [1.165, 1.54) is 0 Å². The highest BCUT2D eigenvalue weighted by atomic mass is 16.5. The van der Waals surface area contributed by atoms with Gasteiger partial charge in [-0.05, 0) is 18.9 Å². The van der Waals surface area contributed by atoms with Crippen molar-refractivity contribution >= 4 is 5.69 Å². The topological polar surface area (TPSA) is 61.5 Å². The number of aryl methyl sites for hydroxylation is 1. The average molecular weight is 251 g/mol. The molecule has 100 valence electrons. The van der Waals surface area contributed by atoms with Gasteiger partial charge in [0.25, 0.3) is 0 Å². The molecule has 0 atom stereocenters. The van der Waals surface area contributed by atoms with Gasteiger partial charge in [0, 0.05) is 24.8 Å². The minimum Gasteiger partial charge on any atom is -0.427 e. The van der Waals surface area contributed by atoms with Crippen LogP contribution in [0.2, 0.25) is 0 Å². The standard InChI is InChI=1S/C13H21N3O2/c1-2-3-4-11-9-12(10-13(14)16(11)17)15-5-7-18-8-6-15/h9-10,14,17H,2-8H2,1H3. The van der Waals surface area contributed by atoms with Crippen LogP contribution in [0.15, 0.2) is 12.1 Å². The molecular weight excluding hydrogens is 230 g/mol. The number of nitrogens with zero attached hydrogens (tertiary/aromatic N) is 2. The summed E-state index contributed by atoms with van der Waals surface area (Å²) in [7, 11) is 0. The molecule has 0 radical (unpaired) electrons. The van der Waals surface area contributed by atoms with Gasteiger partial charge in [-0.25, -0.2) is 0 Å². The second-order valence-electron chi connectivity index (χ2n) is 4.60. The molecule has 2 N–H and O–H groups in total. The highest BCUT2D eigenvalue weighted by molar-refractivity contribution is 5.46. The third-order valence-corrected chi connectivity index (χ3v) is 3.26. The van der Waals surface area contributed by atoms with Crippen LogP contribution in [-0.4, -0.2) is 36.2 Å². The number of hydrogen-bond acceptors (Lipinski definition) is 4. The van der Waals surface area contributed by atoms with Gasteiger partial charge in [-0.3, -0.25) is 5.41 Å². The number of hydrogen-bond donors (Lipinski definition) is 2. The van der Waals surface area contributed by atoms with Crippen molar-refractivity contribution in [3.05, 3.63) is 23.3 Å². The Morgan fingerprint density at radius 1 is 1.33 bits per heavy atom. The summed E-state index contributed by atoms with van der Waals surface area (Å²) in [6, 6.07) is 3.69. The first kappa shape index (κ1) is 13.0. The van der Waals surface area contributed by atoms with E-state index in [1.54, 1.807) is 6.07 Å². The Labute approximate surface area is 107 Å². The van der Waals surface area contributed by atoms with Crippen molar-refractivity contribution in [2.45, 2.75) is 26.2 Å². The van der Waals surface area contributed by atoms with Crippen molar-refractivity contribution < 1.29 is 9.94 Å². The first-order valence-electron chi connectivity index (χ1n) is 6.55. The van der Waals surface area contributed by atoms with E-state index in [-0.39, 0.29) is 5.49 Å². The number of pyridine rings is 1. The van der Waals surface area contributed by atoms with Crippen LogP contribution in [0, 0.1) is 5.41 Å². The van der Waals surface area contributed by atoms with Gasteiger partial charge in [-0.2, -0.15) is 4.73 Å². The predicted molar refractivity (Wildman–Crippen MR) is 69.1 cm³/mol. The van der Waals surface area contributed by atoms with Gasteiger partial charge in [0.2, 0.25) is 0 Å². The third-order valence-electron chi connectivity index (χ3n) is 3.26. The maximum atomic E-state index is 9.83. The Balaban J connectivity index is 2.25. The second kappa shape index (κ2) is 5.91. The Morgan fingerprint density at radius 2 is 2.06 bits per heavy atom. The monoisotopic (exact) mass is 251 g/mol. The van der Waals surface area contributed by atoms with Crippen LogP contribution in [0.1, 0.15) is 25.5 Å². The molecule has 0 aliphatic carbocycles. The minimum atomic E-state index is 0.144. The van der Waals surface area contributed by atoms with Crippen molar-refractivity contribution in [1.82, 2.24) is 4.73 Å². The zero-order chi connectivity index (χ0) is 13.0. The fraction of sp³-hybridized carbons (Fsp3) is 0.615. The summed E-state index contributed by atoms with van der Waals surface area (Å²) in [5.41, 5.74) is 1.97. The molecule has 0 bridgehead atoms. The molecule has 0 aromatic carbocycles. The number of nitrogens with one attached hydrogen (secondary N) is 1. The van der Waals surface area contributed by atoms with Gasteiger partial charge in [0.15, 0.2) is 5.49 Å². The first-order chi connectivity index (χ1) is 8.72. The van der Waals surface area contributed by atoms with E-state index in [4.69, 9.17) is 10.1 Å². The van der Waals surface area contributed by atoms with Crippen LogP contribution in [0.25, 0.3) is 0 Å². The lowest BCUT2D eigenvalue weighted by Crippen LogP contribution is -2.37. The van der Waals surface area contributed by atoms with Gasteiger partial charge < -0.3 is 14.8 Å². The molecule has 1 aliphatic heterocycles. The molecule has 5 heteroatoms. The number of rotatable bonds is 4. The quantitative estimate of drug-likeness (QED) is 0.795. The number of ether oxygens (including phenoxy) is 1. The van der Waals surface area contributed by atoms with Crippen LogP contribution in [0.3, 0.4) is 0 Å². The van der Waals surface area contributed by atoms with Crippen LogP contribution in [0.5, 0.6) is 0 Å². The summed E-state index contributed by atoms with van der Waals surface area (Å²) < 4.78 is 6.31. The minimum absolute atomic E-state index is 0.144. The zero-order valence-corrected chi connectivity index (χ0v) is 10.9. The molecule has 2 rings (SSSR count). The molecule has 0 amide bonds. The lowest BCUT2D eigenvalue weighted by atomic mass is 10.1. The molecule has 5 nitrogen and oxygen atoms in total. The normalized spacial score (nSPS) is 15.9. The maximum Gasteiger partial charge on any atom is 0.162 e. The molecule has 1 aromatic rings. The van der Waals surface area contributed by atoms with Crippen LogP contribution in [-0.2, 0) is 11.2 Å². The average Bonchev–Trinajstić information content (AvgIpc) is 2.41. The SMILES string of the molecule is CCCCc1cc(N2CCOCC2)cc(=N)n1O. The largest absolute Gasteiger partial charge is 0.427 e. The fourth-order valence-corrected chi connectivity index (χ4v) is 2.17. The number of anilines is 1. The molecule has 1 aliphatic rings. The summed E-state index contributed by atoms with van der Waals surface area (Å²) in [4.78, 5) is 2.21. The number of aromatic nitrogens is 1. The molecule has 1 aromatic heterocycles. The maximum absolute atomic E-state index is 9.83. The summed E-state index contributed by atoms with van der Waals surface area (Å²) in [6.07, 6.45) is 2.90. The summed E-state index contributed by atoms with van der Waals surface area (Å²) >= 11 is 0. The predicted octanol–water partition coefficient (Wildman–Crippen LogP) is 1.38. The molecule has 1 saturated heterocycles. The van der Waals surface area contributed by atoms with E-state index in [2.05, 4.69) is 11.8 Å². The molecule has 0 unspecified atom stereocenters. The van der Waals surface area contributed by atoms with Crippen molar-refractivity contribution in [2.24, 2.45) is 0 Å². The van der Waals surface area contributed by atoms with Gasteiger partial charge in [-0.15, -0.1) is 0 Å². The summed E-state index contributed by atoms with van der Waals surface area (Å²) in [5, 5.41) is 17.6. The van der Waals surface area contributed by atoms with Crippen LogP contribution < -0.4 is 10.4 Å². The van der Waals surface area contributed by atoms with E-state index in [0.717, 1.165) is 61.7 Å². The lowest BCUT2D eigenvalue weighted by Gasteiger charge is -2.29. The van der Waals surface area contributed by atoms with Crippen LogP contribution in [0.4, 0.5) is 5.69 Å². The molecule has 18 heavy (non-hydrogen) atoms. The molecule has 1 fully saturated rings. The van der Waals surface area contributed by atoms with Crippen molar-refractivity contribution in [3.63, 3.8) is 0 Å². The lowest BCUT2D eigenvalue weighted by molar-refractivity contribution is 0.122. The highest BCUT2D eigenvalue weighted by Crippen LogP contribution is 2.16. The van der Waals surface area contributed by atoms with Crippen molar-refractivity contribution in [1.29, 1.82) is 5.41 Å². The fourth-order valence-electron chi connectivity index (χ4n) is 2.17. The second-order valence-corrected chi connectivity index (χ2v) is 4.60. The van der Waals surface area contributed by atoms with Crippen LogP contribution >= 0.6 is 0 Å². The molecule has 0 spiro atoms. The third kappa shape index (κ3) is 2.85. The Hall–Kier alpha value is -1.49. The van der Waals surface area contributed by atoms with E-state index in [1.807, 2.05) is 6.07 Å². The highest BCUT2D eigenvalue weighted by Gasteiger charge is 2.13. The van der Waals surface area contributed by atoms with Gasteiger partial charge in [0.05, 0.1) is 18.9 Å². The summed E-state index contributed by atoms with van der Waals surface area (Å²) in [5.74, 6) is 0. The van der Waals surface area contributed by atoms with Gasteiger partial charge in [0.1, 0.15) is 0 Å². The van der Waals surface area contributed by atoms with E-state index >= 15 is 0 Å². The van der Waals surface area contributed by atoms with E-state index in [0.29, 0.717) is 0 Å². The van der Waals surface area contributed by atoms with E-state index in [9.17, 15) is 5.21 Å². The molecule has 0 saturated carbocycles. The van der Waals surface area contributed by atoms with Crippen molar-refractivity contribution in [2.75, 3.05) is 31.2 Å². The number of unbranched alkanes of at least 4 members (excludes halogenated alkanes) is 1.